The van der Waals surface area contributed by atoms with E-state index in [1.54, 1.807) is 0 Å². The van der Waals surface area contributed by atoms with E-state index < -0.39 is 0 Å². The topological polar surface area (TPSA) is 3.24 Å². The molecule has 2 rings (SSSR count). The van der Waals surface area contributed by atoms with E-state index in [9.17, 15) is 0 Å². The lowest BCUT2D eigenvalue weighted by Gasteiger charge is -2.26. The third kappa shape index (κ3) is 1.52. The molecule has 70 valence electrons. The highest BCUT2D eigenvalue weighted by atomic mass is 15.2. The number of nitrogens with zero attached hydrogens (tertiary/aromatic N) is 1. The highest BCUT2D eigenvalue weighted by molar-refractivity contribution is 4.99. The molecule has 2 aliphatic carbocycles. The predicted octanol–water partition coefficient (Wildman–Crippen LogP) is 2.52. The van der Waals surface area contributed by atoms with Crippen molar-refractivity contribution in [3.8, 4) is 0 Å². The van der Waals surface area contributed by atoms with Gasteiger partial charge < -0.3 is 4.90 Å². The van der Waals surface area contributed by atoms with Crippen molar-refractivity contribution in [1.82, 2.24) is 4.90 Å². The molecule has 0 aliphatic heterocycles. The van der Waals surface area contributed by atoms with Gasteiger partial charge in [-0.2, -0.15) is 0 Å². The van der Waals surface area contributed by atoms with Crippen LogP contribution < -0.4 is 0 Å². The van der Waals surface area contributed by atoms with Gasteiger partial charge in [0.2, 0.25) is 0 Å². The predicted molar refractivity (Wildman–Crippen MR) is 52.2 cm³/mol. The molecule has 0 aromatic heterocycles. The lowest BCUT2D eigenvalue weighted by atomic mass is 9.92. The van der Waals surface area contributed by atoms with Crippen molar-refractivity contribution in [2.45, 2.75) is 45.6 Å². The van der Waals surface area contributed by atoms with E-state index in [1.807, 2.05) is 0 Å². The second-order valence-electron chi connectivity index (χ2n) is 5.16. The van der Waals surface area contributed by atoms with Crippen molar-refractivity contribution >= 4 is 0 Å². The molecule has 1 nitrogen and oxygen atoms in total. The van der Waals surface area contributed by atoms with Gasteiger partial charge in [-0.15, -0.1) is 0 Å². The molecule has 0 atom stereocenters. The second kappa shape index (κ2) is 2.73. The smallest absolute Gasteiger partial charge is 0.00936 e. The van der Waals surface area contributed by atoms with Crippen molar-refractivity contribution in [3.05, 3.63) is 0 Å². The van der Waals surface area contributed by atoms with Crippen LogP contribution in [0.4, 0.5) is 0 Å². The van der Waals surface area contributed by atoms with Crippen LogP contribution in [0.2, 0.25) is 0 Å². The Kier molecular flexibility index (Phi) is 1.95. The van der Waals surface area contributed by atoms with Gasteiger partial charge in [-0.25, -0.2) is 0 Å². The first kappa shape index (κ1) is 8.55. The molecular weight excluding hydrogens is 146 g/mol. The van der Waals surface area contributed by atoms with E-state index in [4.69, 9.17) is 0 Å². The fourth-order valence-electron chi connectivity index (χ4n) is 2.22. The van der Waals surface area contributed by atoms with Crippen LogP contribution in [0.5, 0.6) is 0 Å². The first-order chi connectivity index (χ1) is 5.64. The van der Waals surface area contributed by atoms with Crippen LogP contribution in [0.25, 0.3) is 0 Å². The molecular formula is C11H21N. The molecule has 2 fully saturated rings. The number of rotatable bonds is 4. The fourth-order valence-corrected chi connectivity index (χ4v) is 2.22. The maximum absolute atomic E-state index is 2.59. The van der Waals surface area contributed by atoms with E-state index in [1.165, 1.54) is 32.2 Å². The van der Waals surface area contributed by atoms with Crippen LogP contribution in [0.15, 0.2) is 0 Å². The van der Waals surface area contributed by atoms with Crippen molar-refractivity contribution in [3.63, 3.8) is 0 Å². The van der Waals surface area contributed by atoms with Gasteiger partial charge in [-0.1, -0.05) is 13.8 Å². The zero-order valence-corrected chi connectivity index (χ0v) is 8.64. The Bertz CT molecular complexity index is 166. The number of hydrogen-bond acceptors (Lipinski definition) is 1. The molecule has 0 unspecified atom stereocenters. The molecule has 0 aromatic carbocycles. The molecule has 1 heteroatoms. The Balaban J connectivity index is 1.84. The summed E-state index contributed by atoms with van der Waals surface area (Å²) in [7, 11) is 2.31. The average Bonchev–Trinajstić information content (AvgIpc) is 2.84. The van der Waals surface area contributed by atoms with Crippen molar-refractivity contribution < 1.29 is 0 Å². The third-order valence-corrected chi connectivity index (χ3v) is 3.85. The molecule has 2 aliphatic rings. The zero-order chi connectivity index (χ0) is 8.77. The SMILES string of the molecule is CC(C)C1(CN(C)C2CC2)CC1. The lowest BCUT2D eigenvalue weighted by Crippen LogP contribution is -2.31. The Morgan fingerprint density at radius 2 is 1.92 bits per heavy atom. The third-order valence-electron chi connectivity index (χ3n) is 3.85. The first-order valence-corrected chi connectivity index (χ1v) is 5.34. The van der Waals surface area contributed by atoms with Gasteiger partial charge in [0.1, 0.15) is 0 Å². The van der Waals surface area contributed by atoms with E-state index in [0.29, 0.717) is 0 Å². The normalized spacial score (nSPS) is 26.8. The van der Waals surface area contributed by atoms with Crippen LogP contribution in [0.1, 0.15) is 39.5 Å². The van der Waals surface area contributed by atoms with E-state index >= 15 is 0 Å². The summed E-state index contributed by atoms with van der Waals surface area (Å²) in [4.78, 5) is 2.59. The van der Waals surface area contributed by atoms with Gasteiger partial charge in [-0.3, -0.25) is 0 Å². The highest BCUT2D eigenvalue weighted by Gasteiger charge is 2.47. The monoisotopic (exact) mass is 167 g/mol. The van der Waals surface area contributed by atoms with E-state index in [2.05, 4.69) is 25.8 Å². The minimum absolute atomic E-state index is 0.720. The first-order valence-electron chi connectivity index (χ1n) is 5.34. The van der Waals surface area contributed by atoms with Crippen molar-refractivity contribution in [1.29, 1.82) is 0 Å². The summed E-state index contributed by atoms with van der Waals surface area (Å²) in [6.07, 6.45) is 5.85. The Labute approximate surface area is 76.1 Å². The molecule has 0 saturated heterocycles. The van der Waals surface area contributed by atoms with Gasteiger partial charge >= 0.3 is 0 Å². The van der Waals surface area contributed by atoms with Crippen LogP contribution in [0.3, 0.4) is 0 Å². The second-order valence-corrected chi connectivity index (χ2v) is 5.16. The van der Waals surface area contributed by atoms with Crippen LogP contribution in [0, 0.1) is 11.3 Å². The molecule has 12 heavy (non-hydrogen) atoms. The van der Waals surface area contributed by atoms with Gasteiger partial charge in [0.25, 0.3) is 0 Å². The molecule has 0 N–H and O–H groups in total. The largest absolute Gasteiger partial charge is 0.303 e. The van der Waals surface area contributed by atoms with E-state index in [0.717, 1.165) is 17.4 Å². The Hall–Kier alpha value is -0.0400. The summed E-state index contributed by atoms with van der Waals surface area (Å²) in [5.74, 6) is 0.888. The van der Waals surface area contributed by atoms with Crippen LogP contribution >= 0.6 is 0 Å². The molecule has 0 bridgehead atoms. The fraction of sp³-hybridized carbons (Fsp3) is 1.00. The average molecular weight is 167 g/mol. The van der Waals surface area contributed by atoms with Crippen molar-refractivity contribution in [2.75, 3.05) is 13.6 Å². The van der Waals surface area contributed by atoms with Crippen LogP contribution in [-0.2, 0) is 0 Å². The summed E-state index contributed by atoms with van der Waals surface area (Å²) in [6, 6.07) is 0.946. The maximum atomic E-state index is 2.59. The zero-order valence-electron chi connectivity index (χ0n) is 8.64. The highest BCUT2D eigenvalue weighted by Crippen LogP contribution is 2.52. The summed E-state index contributed by atoms with van der Waals surface area (Å²) in [5, 5.41) is 0. The summed E-state index contributed by atoms with van der Waals surface area (Å²) >= 11 is 0. The Morgan fingerprint density at radius 3 is 2.25 bits per heavy atom. The van der Waals surface area contributed by atoms with Gasteiger partial charge in [-0.05, 0) is 44.1 Å². The quantitative estimate of drug-likeness (QED) is 0.622. The molecule has 0 radical (unpaired) electrons. The van der Waals surface area contributed by atoms with Crippen molar-refractivity contribution in [2.24, 2.45) is 11.3 Å². The molecule has 0 amide bonds. The molecule has 0 spiro atoms. The van der Waals surface area contributed by atoms with Crippen LogP contribution in [-0.4, -0.2) is 24.5 Å². The minimum atomic E-state index is 0.720. The summed E-state index contributed by atoms with van der Waals surface area (Å²) < 4.78 is 0. The minimum Gasteiger partial charge on any atom is -0.303 e. The standard InChI is InChI=1S/C11H21N/c1-9(2)11(6-7-11)8-12(3)10-4-5-10/h9-10H,4-8H2,1-3H3. The molecule has 2 saturated carbocycles. The maximum Gasteiger partial charge on any atom is 0.00936 e. The lowest BCUT2D eigenvalue weighted by molar-refractivity contribution is 0.211. The van der Waals surface area contributed by atoms with Gasteiger partial charge in [0, 0.05) is 12.6 Å². The number of hydrogen-bond donors (Lipinski definition) is 0. The van der Waals surface area contributed by atoms with Gasteiger partial charge in [0.05, 0.1) is 0 Å². The molecule has 0 aromatic rings. The van der Waals surface area contributed by atoms with Gasteiger partial charge in [0.15, 0.2) is 0 Å². The van der Waals surface area contributed by atoms with E-state index in [-0.39, 0.29) is 0 Å². The summed E-state index contributed by atoms with van der Waals surface area (Å²) in [6.45, 7) is 6.12. The summed E-state index contributed by atoms with van der Waals surface area (Å²) in [5.41, 5.74) is 0.720. The Morgan fingerprint density at radius 1 is 1.33 bits per heavy atom. The molecule has 0 heterocycles.